The van der Waals surface area contributed by atoms with Crippen LogP contribution in [0.2, 0.25) is 5.02 Å². The predicted molar refractivity (Wildman–Crippen MR) is 68.6 cm³/mol. The molecule has 0 saturated heterocycles. The molecule has 0 radical (unpaired) electrons. The summed E-state index contributed by atoms with van der Waals surface area (Å²) in [5, 5.41) is 9.74. The molecule has 0 aliphatic carbocycles. The summed E-state index contributed by atoms with van der Waals surface area (Å²) in [6.45, 7) is 4.40. The first-order valence-corrected chi connectivity index (χ1v) is 5.94. The first-order chi connectivity index (χ1) is 8.00. The van der Waals surface area contributed by atoms with Gasteiger partial charge in [-0.15, -0.1) is 0 Å². The van der Waals surface area contributed by atoms with Crippen LogP contribution in [-0.4, -0.2) is 24.4 Å². The largest absolute Gasteiger partial charge is 0.493 e. The Morgan fingerprint density at radius 2 is 2.06 bits per heavy atom. The molecular weight excluding hydrogens is 240 g/mol. The molecule has 3 nitrogen and oxygen atoms in total. The van der Waals surface area contributed by atoms with E-state index in [0.717, 1.165) is 6.42 Å². The average Bonchev–Trinajstić information content (AvgIpc) is 2.29. The molecule has 0 saturated carbocycles. The lowest BCUT2D eigenvalue weighted by atomic mass is 10.1. The SMILES string of the molecule is COC(C)(C)CCOc1cccc(Cl)c1CO. The van der Waals surface area contributed by atoms with Crippen LogP contribution in [0.5, 0.6) is 5.75 Å². The van der Waals surface area contributed by atoms with Crippen LogP contribution in [0.1, 0.15) is 25.8 Å². The minimum absolute atomic E-state index is 0.122. The summed E-state index contributed by atoms with van der Waals surface area (Å²) in [6.07, 6.45) is 0.765. The Hall–Kier alpha value is -0.770. The predicted octanol–water partition coefficient (Wildman–Crippen LogP) is 3.03. The zero-order valence-electron chi connectivity index (χ0n) is 10.5. The van der Waals surface area contributed by atoms with Crippen LogP contribution in [0, 0.1) is 0 Å². The van der Waals surface area contributed by atoms with E-state index in [0.29, 0.717) is 22.9 Å². The second kappa shape index (κ2) is 6.24. The maximum atomic E-state index is 9.22. The van der Waals surface area contributed by atoms with E-state index in [1.54, 1.807) is 25.3 Å². The minimum Gasteiger partial charge on any atom is -0.493 e. The summed E-state index contributed by atoms with van der Waals surface area (Å²) >= 11 is 5.96. The Labute approximate surface area is 107 Å². The van der Waals surface area contributed by atoms with E-state index in [-0.39, 0.29) is 12.2 Å². The van der Waals surface area contributed by atoms with Crippen LogP contribution in [0.25, 0.3) is 0 Å². The van der Waals surface area contributed by atoms with Gasteiger partial charge >= 0.3 is 0 Å². The van der Waals surface area contributed by atoms with Crippen LogP contribution in [0.4, 0.5) is 0 Å². The third-order valence-electron chi connectivity index (χ3n) is 2.75. The zero-order chi connectivity index (χ0) is 12.9. The van der Waals surface area contributed by atoms with Crippen molar-refractivity contribution in [2.24, 2.45) is 0 Å². The molecule has 96 valence electrons. The molecule has 0 bridgehead atoms. The molecule has 17 heavy (non-hydrogen) atoms. The van der Waals surface area contributed by atoms with Crippen molar-refractivity contribution in [3.8, 4) is 5.75 Å². The van der Waals surface area contributed by atoms with E-state index < -0.39 is 0 Å². The van der Waals surface area contributed by atoms with Crippen molar-refractivity contribution >= 4 is 11.6 Å². The molecule has 0 aromatic heterocycles. The van der Waals surface area contributed by atoms with Crippen molar-refractivity contribution in [1.82, 2.24) is 0 Å². The highest BCUT2D eigenvalue weighted by atomic mass is 35.5. The lowest BCUT2D eigenvalue weighted by Crippen LogP contribution is -2.25. The van der Waals surface area contributed by atoms with Gasteiger partial charge in [0.05, 0.1) is 18.8 Å². The van der Waals surface area contributed by atoms with Crippen molar-refractivity contribution in [2.75, 3.05) is 13.7 Å². The molecule has 0 fully saturated rings. The summed E-state index contributed by atoms with van der Waals surface area (Å²) in [5.41, 5.74) is 0.419. The Balaban J connectivity index is 2.61. The van der Waals surface area contributed by atoms with Crippen molar-refractivity contribution in [3.05, 3.63) is 28.8 Å². The molecule has 1 N–H and O–H groups in total. The lowest BCUT2D eigenvalue weighted by Gasteiger charge is -2.23. The van der Waals surface area contributed by atoms with Crippen LogP contribution < -0.4 is 4.74 Å². The number of hydrogen-bond donors (Lipinski definition) is 1. The molecule has 1 aromatic carbocycles. The number of aliphatic hydroxyl groups is 1. The van der Waals surface area contributed by atoms with Crippen molar-refractivity contribution in [3.63, 3.8) is 0 Å². The van der Waals surface area contributed by atoms with Crippen molar-refractivity contribution in [1.29, 1.82) is 0 Å². The highest BCUT2D eigenvalue weighted by Gasteiger charge is 2.16. The number of rotatable bonds is 6. The lowest BCUT2D eigenvalue weighted by molar-refractivity contribution is 0.00531. The molecule has 1 aromatic rings. The van der Waals surface area contributed by atoms with Crippen LogP contribution >= 0.6 is 11.6 Å². The summed E-state index contributed by atoms with van der Waals surface area (Å²) in [7, 11) is 1.68. The fraction of sp³-hybridized carbons (Fsp3) is 0.538. The minimum atomic E-state index is -0.210. The standard InChI is InChI=1S/C13H19ClO3/c1-13(2,16-3)7-8-17-12-6-4-5-11(14)10(12)9-15/h4-6,15H,7-9H2,1-3H3. The molecule has 0 heterocycles. The summed E-state index contributed by atoms with van der Waals surface area (Å²) in [6, 6.07) is 5.34. The first-order valence-electron chi connectivity index (χ1n) is 5.56. The highest BCUT2D eigenvalue weighted by Crippen LogP contribution is 2.26. The van der Waals surface area contributed by atoms with E-state index >= 15 is 0 Å². The monoisotopic (exact) mass is 258 g/mol. The third kappa shape index (κ3) is 4.19. The molecular formula is C13H19ClO3. The van der Waals surface area contributed by atoms with E-state index in [4.69, 9.17) is 21.1 Å². The molecule has 0 spiro atoms. The first kappa shape index (κ1) is 14.3. The van der Waals surface area contributed by atoms with E-state index in [1.165, 1.54) is 0 Å². The Kier molecular flexibility index (Phi) is 5.25. The second-order valence-corrected chi connectivity index (χ2v) is 4.84. The van der Waals surface area contributed by atoms with E-state index in [1.807, 2.05) is 13.8 Å². The molecule has 0 atom stereocenters. The van der Waals surface area contributed by atoms with Gasteiger partial charge < -0.3 is 14.6 Å². The highest BCUT2D eigenvalue weighted by molar-refractivity contribution is 6.31. The van der Waals surface area contributed by atoms with Crippen molar-refractivity contribution < 1.29 is 14.6 Å². The fourth-order valence-electron chi connectivity index (χ4n) is 1.34. The normalized spacial score (nSPS) is 11.6. The van der Waals surface area contributed by atoms with Gasteiger partial charge in [-0.1, -0.05) is 17.7 Å². The molecule has 1 rings (SSSR count). The van der Waals surface area contributed by atoms with Crippen LogP contribution in [-0.2, 0) is 11.3 Å². The number of halogens is 1. The molecule has 0 aliphatic rings. The van der Waals surface area contributed by atoms with Crippen LogP contribution in [0.3, 0.4) is 0 Å². The maximum Gasteiger partial charge on any atom is 0.126 e. The molecule has 0 aliphatic heterocycles. The third-order valence-corrected chi connectivity index (χ3v) is 3.10. The van der Waals surface area contributed by atoms with Gasteiger partial charge in [0.15, 0.2) is 0 Å². The van der Waals surface area contributed by atoms with Crippen LogP contribution in [0.15, 0.2) is 18.2 Å². The van der Waals surface area contributed by atoms with Gasteiger partial charge in [0, 0.05) is 24.1 Å². The smallest absolute Gasteiger partial charge is 0.126 e. The van der Waals surface area contributed by atoms with Crippen molar-refractivity contribution in [2.45, 2.75) is 32.5 Å². The molecule has 4 heteroatoms. The Bertz CT molecular complexity index is 364. The summed E-state index contributed by atoms with van der Waals surface area (Å²) < 4.78 is 10.9. The number of methoxy groups -OCH3 is 1. The number of ether oxygens (including phenoxy) is 2. The molecule has 0 unspecified atom stereocenters. The second-order valence-electron chi connectivity index (χ2n) is 4.44. The Morgan fingerprint density at radius 3 is 2.65 bits per heavy atom. The topological polar surface area (TPSA) is 38.7 Å². The quantitative estimate of drug-likeness (QED) is 0.852. The molecule has 0 amide bonds. The maximum absolute atomic E-state index is 9.22. The number of benzene rings is 1. The number of hydrogen-bond acceptors (Lipinski definition) is 3. The Morgan fingerprint density at radius 1 is 1.35 bits per heavy atom. The summed E-state index contributed by atoms with van der Waals surface area (Å²) in [5.74, 6) is 0.631. The number of aliphatic hydroxyl groups excluding tert-OH is 1. The zero-order valence-corrected chi connectivity index (χ0v) is 11.3. The van der Waals surface area contributed by atoms with Gasteiger partial charge in [-0.05, 0) is 26.0 Å². The average molecular weight is 259 g/mol. The van der Waals surface area contributed by atoms with Gasteiger partial charge in [0.2, 0.25) is 0 Å². The van der Waals surface area contributed by atoms with Gasteiger partial charge in [0.25, 0.3) is 0 Å². The summed E-state index contributed by atoms with van der Waals surface area (Å²) in [4.78, 5) is 0. The van der Waals surface area contributed by atoms with Gasteiger partial charge in [0.1, 0.15) is 5.75 Å². The van der Waals surface area contributed by atoms with E-state index in [2.05, 4.69) is 0 Å². The van der Waals surface area contributed by atoms with E-state index in [9.17, 15) is 5.11 Å². The van der Waals surface area contributed by atoms with Gasteiger partial charge in [-0.3, -0.25) is 0 Å². The van der Waals surface area contributed by atoms with Gasteiger partial charge in [-0.25, -0.2) is 0 Å². The van der Waals surface area contributed by atoms with Gasteiger partial charge in [-0.2, -0.15) is 0 Å². The fourth-order valence-corrected chi connectivity index (χ4v) is 1.56.